The highest BCUT2D eigenvalue weighted by Gasteiger charge is 2.56. The molecule has 6 nitrogen and oxygen atoms in total. The van der Waals surface area contributed by atoms with Crippen molar-refractivity contribution in [1.82, 2.24) is 10.2 Å². The first kappa shape index (κ1) is 17.0. The highest BCUT2D eigenvalue weighted by atomic mass is 79.9. The predicted octanol–water partition coefficient (Wildman–Crippen LogP) is 2.48. The zero-order chi connectivity index (χ0) is 17.7. The van der Waals surface area contributed by atoms with E-state index in [4.69, 9.17) is 4.74 Å². The largest absolute Gasteiger partial charge is 0.459 e. The van der Waals surface area contributed by atoms with Gasteiger partial charge in [-0.05, 0) is 50.8 Å². The van der Waals surface area contributed by atoms with Crippen molar-refractivity contribution in [2.45, 2.75) is 44.8 Å². The monoisotopic (exact) mass is 394 g/mol. The van der Waals surface area contributed by atoms with Crippen LogP contribution in [0.2, 0.25) is 0 Å². The zero-order valence-corrected chi connectivity index (χ0v) is 15.4. The molecule has 1 aromatic carbocycles. The summed E-state index contributed by atoms with van der Waals surface area (Å²) < 4.78 is 6.14. The van der Waals surface area contributed by atoms with E-state index in [-0.39, 0.29) is 6.54 Å². The quantitative estimate of drug-likeness (QED) is 0.617. The number of fused-ring (bicyclic) bond motifs is 2. The lowest BCUT2D eigenvalue weighted by Crippen LogP contribution is -2.43. The normalized spacial score (nSPS) is 22.8. The smallest absolute Gasteiger partial charge is 0.326 e. The Morgan fingerprint density at radius 3 is 2.75 bits per heavy atom. The molecule has 1 unspecified atom stereocenters. The van der Waals surface area contributed by atoms with Gasteiger partial charge in [0.1, 0.15) is 17.7 Å². The summed E-state index contributed by atoms with van der Waals surface area (Å²) >= 11 is 3.49. The van der Waals surface area contributed by atoms with Gasteiger partial charge in [0.15, 0.2) is 0 Å². The molecule has 1 aliphatic heterocycles. The number of hydrogen-bond donors (Lipinski definition) is 1. The van der Waals surface area contributed by atoms with E-state index in [1.165, 1.54) is 0 Å². The lowest BCUT2D eigenvalue weighted by Gasteiger charge is -2.23. The van der Waals surface area contributed by atoms with Crippen LogP contribution >= 0.6 is 15.9 Å². The maximum Gasteiger partial charge on any atom is 0.326 e. The number of urea groups is 1. The van der Waals surface area contributed by atoms with Gasteiger partial charge in [0, 0.05) is 4.47 Å². The SMILES string of the molecule is CC(C)(C)OC(=O)CN1C(=O)NC2(CCc3c(Br)cccc32)C1=O. The van der Waals surface area contributed by atoms with Crippen LogP contribution in [-0.2, 0) is 26.3 Å². The number of rotatable bonds is 2. The van der Waals surface area contributed by atoms with Crippen LogP contribution in [0.1, 0.15) is 38.3 Å². The Morgan fingerprint density at radius 1 is 1.38 bits per heavy atom. The van der Waals surface area contributed by atoms with E-state index < -0.39 is 29.0 Å². The molecule has 1 N–H and O–H groups in total. The van der Waals surface area contributed by atoms with E-state index in [9.17, 15) is 14.4 Å². The van der Waals surface area contributed by atoms with E-state index in [1.807, 2.05) is 18.2 Å². The molecular formula is C17H19BrN2O4. The van der Waals surface area contributed by atoms with Crippen LogP contribution in [0, 0.1) is 0 Å². The minimum Gasteiger partial charge on any atom is -0.459 e. The number of hydrogen-bond acceptors (Lipinski definition) is 4. The minimum atomic E-state index is -1.07. The summed E-state index contributed by atoms with van der Waals surface area (Å²) in [6.45, 7) is 4.84. The van der Waals surface area contributed by atoms with Crippen molar-refractivity contribution >= 4 is 33.8 Å². The highest BCUT2D eigenvalue weighted by molar-refractivity contribution is 9.10. The van der Waals surface area contributed by atoms with Gasteiger partial charge in [0.05, 0.1) is 0 Å². The van der Waals surface area contributed by atoms with Crippen LogP contribution in [0.5, 0.6) is 0 Å². The maximum absolute atomic E-state index is 12.9. The molecule has 1 aliphatic carbocycles. The summed E-state index contributed by atoms with van der Waals surface area (Å²) in [7, 11) is 0. The topological polar surface area (TPSA) is 75.7 Å². The van der Waals surface area contributed by atoms with E-state index in [0.29, 0.717) is 12.8 Å². The number of amides is 3. The van der Waals surface area contributed by atoms with Gasteiger partial charge in [0.25, 0.3) is 5.91 Å². The van der Waals surface area contributed by atoms with E-state index >= 15 is 0 Å². The molecular weight excluding hydrogens is 376 g/mol. The Bertz CT molecular complexity index is 741. The first-order valence-corrected chi connectivity index (χ1v) is 8.57. The number of imide groups is 1. The molecule has 1 fully saturated rings. The van der Waals surface area contributed by atoms with Crippen molar-refractivity contribution in [3.8, 4) is 0 Å². The van der Waals surface area contributed by atoms with Crippen molar-refractivity contribution < 1.29 is 19.1 Å². The summed E-state index contributed by atoms with van der Waals surface area (Å²) in [4.78, 5) is 38.2. The number of benzene rings is 1. The van der Waals surface area contributed by atoms with Gasteiger partial charge in [-0.2, -0.15) is 0 Å². The molecule has 2 aliphatic rings. The van der Waals surface area contributed by atoms with Crippen LogP contribution in [-0.4, -0.2) is 35.0 Å². The second-order valence-corrected chi connectivity index (χ2v) is 7.93. The standard InChI is InChI=1S/C17H19BrN2O4/c1-16(2,3)24-13(21)9-20-14(22)17(19-15(20)23)8-7-10-11(17)5-4-6-12(10)18/h4-6H,7-9H2,1-3H3,(H,19,23). The molecule has 1 saturated heterocycles. The van der Waals surface area contributed by atoms with E-state index in [2.05, 4.69) is 21.2 Å². The summed E-state index contributed by atoms with van der Waals surface area (Å²) in [5.41, 5.74) is 0.0732. The summed E-state index contributed by atoms with van der Waals surface area (Å²) in [5, 5.41) is 2.79. The fourth-order valence-electron chi connectivity index (χ4n) is 3.28. The van der Waals surface area contributed by atoms with Gasteiger partial charge in [0.2, 0.25) is 0 Å². The molecule has 0 bridgehead atoms. The summed E-state index contributed by atoms with van der Waals surface area (Å²) in [6, 6.07) is 5.05. The van der Waals surface area contributed by atoms with Crippen LogP contribution < -0.4 is 5.32 Å². The minimum absolute atomic E-state index is 0.382. The van der Waals surface area contributed by atoms with Crippen LogP contribution in [0.3, 0.4) is 0 Å². The maximum atomic E-state index is 12.9. The number of carbonyl (C=O) groups excluding carboxylic acids is 3. The molecule has 1 heterocycles. The Balaban J connectivity index is 1.86. The molecule has 24 heavy (non-hydrogen) atoms. The number of halogens is 1. The number of esters is 1. The Morgan fingerprint density at radius 2 is 2.08 bits per heavy atom. The second-order valence-electron chi connectivity index (χ2n) is 7.08. The molecule has 3 rings (SSSR count). The Hall–Kier alpha value is -1.89. The average Bonchev–Trinajstić information content (AvgIpc) is 2.93. The van der Waals surface area contributed by atoms with Crippen molar-refractivity contribution in [3.05, 3.63) is 33.8 Å². The fraction of sp³-hybridized carbons (Fsp3) is 0.471. The zero-order valence-electron chi connectivity index (χ0n) is 13.8. The Labute approximate surface area is 148 Å². The van der Waals surface area contributed by atoms with Gasteiger partial charge >= 0.3 is 12.0 Å². The average molecular weight is 395 g/mol. The number of nitrogens with zero attached hydrogens (tertiary/aromatic N) is 1. The number of nitrogens with one attached hydrogen (secondary N) is 1. The van der Waals surface area contributed by atoms with Crippen LogP contribution in [0.4, 0.5) is 4.79 Å². The molecule has 7 heteroatoms. The third kappa shape index (κ3) is 2.70. The fourth-order valence-corrected chi connectivity index (χ4v) is 3.85. The number of carbonyl (C=O) groups is 3. The molecule has 1 atom stereocenters. The first-order valence-electron chi connectivity index (χ1n) is 7.78. The molecule has 1 spiro atoms. The van der Waals surface area contributed by atoms with Crippen LogP contribution in [0.15, 0.2) is 22.7 Å². The van der Waals surface area contributed by atoms with Crippen molar-refractivity contribution in [1.29, 1.82) is 0 Å². The lowest BCUT2D eigenvalue weighted by atomic mass is 9.92. The summed E-state index contributed by atoms with van der Waals surface area (Å²) in [5.74, 6) is -0.995. The molecule has 3 amide bonds. The predicted molar refractivity (Wildman–Crippen MR) is 90.2 cm³/mol. The Kier molecular flexibility index (Phi) is 3.94. The molecule has 0 radical (unpaired) electrons. The first-order chi connectivity index (χ1) is 11.1. The van der Waals surface area contributed by atoms with Crippen molar-refractivity contribution in [3.63, 3.8) is 0 Å². The van der Waals surface area contributed by atoms with Crippen LogP contribution in [0.25, 0.3) is 0 Å². The highest BCUT2D eigenvalue weighted by Crippen LogP contribution is 2.43. The lowest BCUT2D eigenvalue weighted by molar-refractivity contribution is -0.157. The van der Waals surface area contributed by atoms with Crippen molar-refractivity contribution in [2.75, 3.05) is 6.54 Å². The third-order valence-corrected chi connectivity index (χ3v) is 4.95. The van der Waals surface area contributed by atoms with E-state index in [1.54, 1.807) is 20.8 Å². The van der Waals surface area contributed by atoms with Gasteiger partial charge in [-0.3, -0.25) is 14.5 Å². The third-order valence-electron chi connectivity index (χ3n) is 4.21. The van der Waals surface area contributed by atoms with Gasteiger partial charge < -0.3 is 10.1 Å². The van der Waals surface area contributed by atoms with Gasteiger partial charge in [-0.15, -0.1) is 0 Å². The van der Waals surface area contributed by atoms with Crippen molar-refractivity contribution in [2.24, 2.45) is 0 Å². The molecule has 0 saturated carbocycles. The molecule has 0 aromatic heterocycles. The summed E-state index contributed by atoms with van der Waals surface area (Å²) in [6.07, 6.45) is 1.17. The van der Waals surface area contributed by atoms with Gasteiger partial charge in [-0.25, -0.2) is 4.79 Å². The molecule has 128 valence electrons. The van der Waals surface area contributed by atoms with Gasteiger partial charge in [-0.1, -0.05) is 28.1 Å². The molecule has 1 aromatic rings. The van der Waals surface area contributed by atoms with E-state index in [0.717, 1.165) is 20.5 Å². The second kappa shape index (κ2) is 5.58. The number of ether oxygens (including phenoxy) is 1.